The number of carboxylic acid groups (broad SMARTS) is 1. The van der Waals surface area contributed by atoms with E-state index in [9.17, 15) is 25.2 Å². The summed E-state index contributed by atoms with van der Waals surface area (Å²) >= 11 is 0. The second kappa shape index (κ2) is 43.4. The Labute approximate surface area is 810 Å². The number of hydrogen-bond donors (Lipinski definition) is 8. The molecule has 12 fully saturated rings. The van der Waals surface area contributed by atoms with E-state index in [1.54, 1.807) is 22.3 Å². The minimum Gasteiger partial charge on any atom is -0.504 e. The maximum absolute atomic E-state index is 10.3. The molecule has 12 saturated carbocycles. The first-order chi connectivity index (χ1) is 62.3. The summed E-state index contributed by atoms with van der Waals surface area (Å²) in [6.45, 7) is 60.4. The van der Waals surface area contributed by atoms with E-state index in [1.807, 2.05) is 0 Å². The number of aliphatic hydroxyl groups excluding tert-OH is 4. The number of carboxylic acids is 1. The van der Waals surface area contributed by atoms with Crippen molar-refractivity contribution in [1.82, 2.24) is 0 Å². The van der Waals surface area contributed by atoms with Gasteiger partial charge in [-0.3, -0.25) is 0 Å². The Kier molecular flexibility index (Phi) is 34.9. The lowest BCUT2D eigenvalue weighted by Gasteiger charge is -2.58. The Bertz CT molecular complexity index is 3580. The van der Waals surface area contributed by atoms with Crippen molar-refractivity contribution >= 4 is 5.97 Å². The molecule has 9 heteroatoms. The molecule has 36 atom stereocenters. The molecular formula is C123H206O9. The van der Waals surface area contributed by atoms with Gasteiger partial charge in [0.1, 0.15) is 0 Å². The molecule has 0 aliphatic heterocycles. The van der Waals surface area contributed by atoms with E-state index < -0.39 is 23.2 Å². The molecule has 8 N–H and O–H groups in total. The van der Waals surface area contributed by atoms with Crippen LogP contribution in [-0.2, 0) is 0 Å². The molecule has 1 aromatic carbocycles. The highest BCUT2D eigenvalue weighted by Crippen LogP contribution is 2.73. The fourth-order valence-corrected chi connectivity index (χ4v) is 37.9. The molecule has 0 unspecified atom stereocenters. The standard InChI is InChI=1S/4C29H50O.C7H6O5/c4*1-7-21(19(2)3)9-8-20(4)25-12-13-26-24-11-10-22-18-23(30)14-16-28(22,5)27(24)15-17-29(25,26)6;8-4-1-3(7(11)12)2-5(9)6(4)10/h4*10,19-21,23-27,30H,7-9,11-18H2,1-6H3;1-2,8-10H,(H,11,12)/t20-,21+,23+,24+,25-,26+,27+,28+,29-;3*20-,21-,23+,24+,25-,26+,27+,28+,29-;/m1111./s1. The van der Waals surface area contributed by atoms with Crippen LogP contribution in [0.4, 0.5) is 0 Å². The second-order valence-electron chi connectivity index (χ2n) is 53.6. The van der Waals surface area contributed by atoms with E-state index in [2.05, 4.69) is 190 Å². The molecule has 752 valence electrons. The van der Waals surface area contributed by atoms with Gasteiger partial charge in [-0.1, -0.05) is 264 Å². The van der Waals surface area contributed by atoms with Gasteiger partial charge >= 0.3 is 5.97 Å². The number of aliphatic hydroxyl groups is 4. The number of phenolic OH excluding ortho intramolecular Hbond substituents is 3. The van der Waals surface area contributed by atoms with Gasteiger partial charge in [-0.25, -0.2) is 4.79 Å². The van der Waals surface area contributed by atoms with Gasteiger partial charge < -0.3 is 40.9 Å². The Morgan fingerprint density at radius 1 is 0.303 bits per heavy atom. The maximum atomic E-state index is 10.3. The lowest BCUT2D eigenvalue weighted by Crippen LogP contribution is -2.50. The topological polar surface area (TPSA) is 179 Å². The van der Waals surface area contributed by atoms with Crippen molar-refractivity contribution in [3.8, 4) is 17.2 Å². The summed E-state index contributed by atoms with van der Waals surface area (Å²) in [5.41, 5.74) is 10.1. The van der Waals surface area contributed by atoms with Crippen LogP contribution in [-0.4, -0.2) is 71.2 Å². The number of phenols is 3. The summed E-state index contributed by atoms with van der Waals surface area (Å²) in [5, 5.41) is 75.9. The molecule has 0 saturated heterocycles. The van der Waals surface area contributed by atoms with E-state index in [0.29, 0.717) is 43.3 Å². The predicted molar refractivity (Wildman–Crippen MR) is 551 cm³/mol. The van der Waals surface area contributed by atoms with Crippen LogP contribution in [0, 0.1) is 209 Å². The summed E-state index contributed by atoms with van der Waals surface area (Å²) in [4.78, 5) is 10.3. The third-order valence-electron chi connectivity index (χ3n) is 46.5. The fraction of sp³-hybridized carbons (Fsp3) is 0.878. The Morgan fingerprint density at radius 2 is 0.515 bits per heavy atom. The number of benzene rings is 1. The van der Waals surface area contributed by atoms with Gasteiger partial charge in [0.2, 0.25) is 0 Å². The van der Waals surface area contributed by atoms with E-state index in [1.165, 1.54) is 231 Å². The van der Waals surface area contributed by atoms with Gasteiger partial charge in [-0.15, -0.1) is 0 Å². The van der Waals surface area contributed by atoms with Crippen molar-refractivity contribution in [2.45, 2.75) is 473 Å². The molecule has 0 amide bonds. The van der Waals surface area contributed by atoms with Crippen LogP contribution in [0.25, 0.3) is 0 Å². The summed E-state index contributed by atoms with van der Waals surface area (Å²) < 4.78 is 0. The summed E-state index contributed by atoms with van der Waals surface area (Å²) in [6, 6.07) is 1.69. The van der Waals surface area contributed by atoms with Crippen LogP contribution in [0.15, 0.2) is 58.7 Å². The third-order valence-corrected chi connectivity index (χ3v) is 46.5. The lowest BCUT2D eigenvalue weighted by molar-refractivity contribution is -0.0575. The predicted octanol–water partition coefficient (Wildman–Crippen LogP) is 32.6. The Morgan fingerprint density at radius 3 is 0.705 bits per heavy atom. The molecular weight excluding hydrogens is 1620 g/mol. The van der Waals surface area contributed by atoms with E-state index in [0.717, 1.165) is 229 Å². The highest BCUT2D eigenvalue weighted by molar-refractivity contribution is 5.89. The van der Waals surface area contributed by atoms with Crippen LogP contribution in [0.2, 0.25) is 0 Å². The first kappa shape index (κ1) is 106. The van der Waals surface area contributed by atoms with Gasteiger partial charge in [0.05, 0.1) is 30.0 Å². The number of allylic oxidation sites excluding steroid dienone is 4. The minimum atomic E-state index is -1.29. The zero-order chi connectivity index (χ0) is 96.0. The monoisotopic (exact) mass is 1830 g/mol. The van der Waals surface area contributed by atoms with Crippen molar-refractivity contribution in [3.05, 3.63) is 64.3 Å². The van der Waals surface area contributed by atoms with Crippen LogP contribution in [0.3, 0.4) is 0 Å². The zero-order valence-electron chi connectivity index (χ0n) is 89.5. The maximum Gasteiger partial charge on any atom is 0.335 e. The third kappa shape index (κ3) is 21.1. The SMILES string of the molecule is CC[C@@H](CC[C@@H](C)[C@H]1CC[C@H]2[C@@H]3CC=C4C[C@@H](O)CC[C@]4(C)[C@H]3CC[C@]12C)C(C)C.CC[C@H](CC[C@@H](C)[C@H]1CC[C@H]2[C@@H]3CC=C4C[C@@H](O)CC[C@]4(C)[C@H]3CC[C@]12C)C(C)C.CC[C@H](CC[C@@H](C)[C@H]1CC[C@H]2[C@@H]3CC=C4C[C@@H](O)CC[C@]4(C)[C@H]3CC[C@]12C)C(C)C.CC[C@H](CC[C@@H](C)[C@H]1CC[C@H]2[C@@H]3CC=C4C[C@@H](O)CC[C@]4(C)[C@H]3CC[C@]12C)C(C)C.O=C(O)c1cc(O)c(O)c(O)c1. The smallest absolute Gasteiger partial charge is 0.335 e. The van der Waals surface area contributed by atoms with Crippen LogP contribution in [0.1, 0.15) is 459 Å². The van der Waals surface area contributed by atoms with Crippen molar-refractivity contribution in [3.63, 3.8) is 0 Å². The van der Waals surface area contributed by atoms with Crippen molar-refractivity contribution in [2.24, 2.45) is 209 Å². The number of fused-ring (bicyclic) bond motifs is 20. The molecule has 9 nitrogen and oxygen atoms in total. The number of hydrogen-bond acceptors (Lipinski definition) is 8. The Balaban J connectivity index is 0.000000143. The number of carbonyl (C=O) groups is 1. The average Bonchev–Trinajstić information content (AvgIpc) is 1.52. The quantitative estimate of drug-likeness (QED) is 0.0349. The molecule has 0 heterocycles. The molecule has 0 aromatic heterocycles. The van der Waals surface area contributed by atoms with Gasteiger partial charge in [0, 0.05) is 0 Å². The molecule has 0 radical (unpaired) electrons. The van der Waals surface area contributed by atoms with Crippen molar-refractivity contribution < 1.29 is 45.6 Å². The van der Waals surface area contributed by atoms with Crippen LogP contribution < -0.4 is 0 Å². The number of aromatic hydroxyl groups is 3. The highest BCUT2D eigenvalue weighted by atomic mass is 16.4. The van der Waals surface area contributed by atoms with E-state index in [4.69, 9.17) is 20.4 Å². The molecule has 1 aromatic rings. The fourth-order valence-electron chi connectivity index (χ4n) is 37.9. The summed E-state index contributed by atoms with van der Waals surface area (Å²) in [6.07, 6.45) is 68.4. The minimum absolute atomic E-state index is 0.0794. The number of rotatable bonds is 25. The zero-order valence-corrected chi connectivity index (χ0v) is 89.5. The molecule has 0 bridgehead atoms. The normalized spacial score (nSPS) is 42.1. The van der Waals surface area contributed by atoms with Gasteiger partial charge in [0.15, 0.2) is 17.2 Å². The average molecular weight is 1830 g/mol. The van der Waals surface area contributed by atoms with E-state index in [-0.39, 0.29) is 30.0 Å². The van der Waals surface area contributed by atoms with Crippen molar-refractivity contribution in [1.29, 1.82) is 0 Å². The molecule has 16 aliphatic carbocycles. The van der Waals surface area contributed by atoms with Gasteiger partial charge in [0.25, 0.3) is 0 Å². The second-order valence-corrected chi connectivity index (χ2v) is 53.6. The molecule has 17 rings (SSSR count). The van der Waals surface area contributed by atoms with Gasteiger partial charge in [-0.05, 0) is 452 Å². The van der Waals surface area contributed by atoms with Crippen LogP contribution in [0.5, 0.6) is 17.2 Å². The Hall–Kier alpha value is -3.11. The molecule has 16 aliphatic rings. The van der Waals surface area contributed by atoms with Crippen LogP contribution >= 0.6 is 0 Å². The highest BCUT2D eigenvalue weighted by Gasteiger charge is 2.65. The largest absolute Gasteiger partial charge is 0.504 e. The lowest BCUT2D eigenvalue weighted by atomic mass is 9.47. The summed E-state index contributed by atoms with van der Waals surface area (Å²) in [5.74, 6) is 21.9. The first-order valence-corrected chi connectivity index (χ1v) is 57.3. The van der Waals surface area contributed by atoms with Crippen molar-refractivity contribution in [2.75, 3.05) is 0 Å². The van der Waals surface area contributed by atoms with E-state index >= 15 is 0 Å². The summed E-state index contributed by atoms with van der Waals surface area (Å²) in [7, 11) is 0. The number of aromatic carboxylic acids is 1. The molecule has 132 heavy (non-hydrogen) atoms. The van der Waals surface area contributed by atoms with Gasteiger partial charge in [-0.2, -0.15) is 0 Å². The first-order valence-electron chi connectivity index (χ1n) is 57.3. The molecule has 0 spiro atoms.